The number of carbonyl (C=O) groups excluding carboxylic acids is 2. The highest BCUT2D eigenvalue weighted by molar-refractivity contribution is 6.05. The highest BCUT2D eigenvalue weighted by atomic mass is 16.4. The van der Waals surface area contributed by atoms with Gasteiger partial charge in [0.15, 0.2) is 0 Å². The van der Waals surface area contributed by atoms with Crippen LogP contribution < -0.4 is 0 Å². The predicted octanol–water partition coefficient (Wildman–Crippen LogP) is 0.565. The number of likely N-dealkylation sites (tertiary alicyclic amines) is 1. The van der Waals surface area contributed by atoms with E-state index in [2.05, 4.69) is 0 Å². The lowest BCUT2D eigenvalue weighted by Gasteiger charge is -2.28. The van der Waals surface area contributed by atoms with Crippen molar-refractivity contribution >= 4 is 17.8 Å². The van der Waals surface area contributed by atoms with Crippen LogP contribution in [0.1, 0.15) is 34.1 Å². The number of nitrogens with zero attached hydrogens (tertiary/aromatic N) is 2. The number of aliphatic carboxylic acids is 1. The Balaban J connectivity index is 2.81. The second-order valence-corrected chi connectivity index (χ2v) is 5.24. The maximum atomic E-state index is 12.2. The first-order chi connectivity index (χ1) is 8.79. The minimum atomic E-state index is -0.893. The summed E-state index contributed by atoms with van der Waals surface area (Å²) in [6, 6.07) is -0.665. The van der Waals surface area contributed by atoms with Gasteiger partial charge in [-0.3, -0.25) is 24.2 Å². The predicted molar refractivity (Wildman–Crippen MR) is 69.4 cm³/mol. The average molecular weight is 270 g/mol. The molecule has 1 aliphatic heterocycles. The van der Waals surface area contributed by atoms with Crippen molar-refractivity contribution in [3.8, 4) is 0 Å². The van der Waals surface area contributed by atoms with Crippen molar-refractivity contribution in [1.82, 2.24) is 9.80 Å². The first kappa shape index (κ1) is 15.6. The Morgan fingerprint density at radius 1 is 1.42 bits per heavy atom. The average Bonchev–Trinajstić information content (AvgIpc) is 2.61. The summed E-state index contributed by atoms with van der Waals surface area (Å²) in [5.41, 5.74) is 0. The van der Waals surface area contributed by atoms with Crippen LogP contribution in [0.2, 0.25) is 0 Å². The molecule has 108 valence electrons. The van der Waals surface area contributed by atoms with Gasteiger partial charge >= 0.3 is 5.97 Å². The first-order valence-electron chi connectivity index (χ1n) is 6.62. The second-order valence-electron chi connectivity index (χ2n) is 5.24. The second kappa shape index (κ2) is 6.14. The van der Waals surface area contributed by atoms with Crippen LogP contribution in [0.5, 0.6) is 0 Å². The zero-order chi connectivity index (χ0) is 14.7. The molecule has 1 rings (SSSR count). The lowest BCUT2D eigenvalue weighted by atomic mass is 10.1. The van der Waals surface area contributed by atoms with Gasteiger partial charge in [-0.05, 0) is 20.4 Å². The van der Waals surface area contributed by atoms with Crippen molar-refractivity contribution in [3.05, 3.63) is 0 Å². The minimum Gasteiger partial charge on any atom is -0.481 e. The van der Waals surface area contributed by atoms with E-state index < -0.39 is 17.9 Å². The molecule has 2 atom stereocenters. The van der Waals surface area contributed by atoms with E-state index in [1.165, 1.54) is 4.90 Å². The van der Waals surface area contributed by atoms with E-state index in [1.807, 2.05) is 6.92 Å². The van der Waals surface area contributed by atoms with Gasteiger partial charge in [0, 0.05) is 12.6 Å². The Bertz CT molecular complexity index is 381. The van der Waals surface area contributed by atoms with Gasteiger partial charge in [-0.15, -0.1) is 0 Å². The molecule has 1 fully saturated rings. The Morgan fingerprint density at radius 3 is 2.37 bits per heavy atom. The van der Waals surface area contributed by atoms with Crippen molar-refractivity contribution in [3.63, 3.8) is 0 Å². The standard InChI is InChI=1S/C13H22N2O4/c1-5-14(7-9(4)13(18)19)10-6-11(16)15(8(2)3)12(10)17/h8-10H,5-7H2,1-4H3,(H,18,19). The molecule has 19 heavy (non-hydrogen) atoms. The third-order valence-corrected chi connectivity index (χ3v) is 3.45. The van der Waals surface area contributed by atoms with Crippen LogP contribution >= 0.6 is 0 Å². The van der Waals surface area contributed by atoms with E-state index in [9.17, 15) is 14.4 Å². The Kier molecular flexibility index (Phi) is 5.05. The molecule has 0 saturated carbocycles. The third-order valence-electron chi connectivity index (χ3n) is 3.45. The lowest BCUT2D eigenvalue weighted by Crippen LogP contribution is -2.46. The molecule has 1 N–H and O–H groups in total. The third kappa shape index (κ3) is 3.32. The van der Waals surface area contributed by atoms with E-state index in [0.717, 1.165) is 0 Å². The summed E-state index contributed by atoms with van der Waals surface area (Å²) in [7, 11) is 0. The maximum absolute atomic E-state index is 12.2. The first-order valence-corrected chi connectivity index (χ1v) is 6.62. The minimum absolute atomic E-state index is 0.150. The van der Waals surface area contributed by atoms with E-state index in [4.69, 9.17) is 5.11 Å². The van der Waals surface area contributed by atoms with Gasteiger partial charge in [-0.2, -0.15) is 0 Å². The summed E-state index contributed by atoms with van der Waals surface area (Å²) < 4.78 is 0. The fraction of sp³-hybridized carbons (Fsp3) is 0.769. The molecular formula is C13H22N2O4. The number of carbonyl (C=O) groups is 3. The van der Waals surface area contributed by atoms with Gasteiger partial charge in [0.25, 0.3) is 0 Å². The van der Waals surface area contributed by atoms with Crippen LogP contribution in [0, 0.1) is 5.92 Å². The molecule has 2 unspecified atom stereocenters. The molecule has 1 saturated heterocycles. The molecule has 0 bridgehead atoms. The summed E-state index contributed by atoms with van der Waals surface area (Å²) in [5.74, 6) is -1.84. The molecule has 6 nitrogen and oxygen atoms in total. The van der Waals surface area contributed by atoms with Gasteiger partial charge < -0.3 is 5.11 Å². The molecule has 1 aliphatic rings. The van der Waals surface area contributed by atoms with Crippen LogP contribution in [0.25, 0.3) is 0 Å². The van der Waals surface area contributed by atoms with Crippen LogP contribution in [0.3, 0.4) is 0 Å². The van der Waals surface area contributed by atoms with Crippen molar-refractivity contribution in [2.45, 2.75) is 46.2 Å². The largest absolute Gasteiger partial charge is 0.481 e. The van der Waals surface area contributed by atoms with Gasteiger partial charge in [-0.25, -0.2) is 0 Å². The van der Waals surface area contributed by atoms with Crippen molar-refractivity contribution in [1.29, 1.82) is 0 Å². The van der Waals surface area contributed by atoms with Crippen LogP contribution in [-0.2, 0) is 14.4 Å². The van der Waals surface area contributed by atoms with E-state index in [-0.39, 0.29) is 30.8 Å². The Labute approximate surface area is 113 Å². The molecule has 0 spiro atoms. The summed E-state index contributed by atoms with van der Waals surface area (Å²) in [6.07, 6.45) is 0.150. The van der Waals surface area contributed by atoms with Crippen molar-refractivity contribution in [2.24, 2.45) is 5.92 Å². The van der Waals surface area contributed by atoms with Crippen LogP contribution in [0.15, 0.2) is 0 Å². The molecule has 0 aliphatic carbocycles. The monoisotopic (exact) mass is 270 g/mol. The van der Waals surface area contributed by atoms with Gasteiger partial charge in [0.05, 0.1) is 18.4 Å². The molecule has 0 aromatic rings. The Morgan fingerprint density at radius 2 is 2.00 bits per heavy atom. The maximum Gasteiger partial charge on any atom is 0.307 e. The quantitative estimate of drug-likeness (QED) is 0.714. The topological polar surface area (TPSA) is 77.9 Å². The number of hydrogen-bond donors (Lipinski definition) is 1. The van der Waals surface area contributed by atoms with Gasteiger partial charge in [-0.1, -0.05) is 13.8 Å². The van der Waals surface area contributed by atoms with Crippen molar-refractivity contribution in [2.75, 3.05) is 13.1 Å². The molecule has 0 radical (unpaired) electrons. The highest BCUT2D eigenvalue weighted by Crippen LogP contribution is 2.21. The zero-order valence-corrected chi connectivity index (χ0v) is 11.9. The van der Waals surface area contributed by atoms with Crippen LogP contribution in [-0.4, -0.2) is 57.9 Å². The smallest absolute Gasteiger partial charge is 0.307 e. The van der Waals surface area contributed by atoms with Crippen molar-refractivity contribution < 1.29 is 19.5 Å². The molecule has 1 heterocycles. The molecule has 0 aromatic carbocycles. The highest BCUT2D eigenvalue weighted by Gasteiger charge is 2.42. The number of amides is 2. The summed E-state index contributed by atoms with van der Waals surface area (Å²) in [5, 5.41) is 8.94. The van der Waals surface area contributed by atoms with E-state index in [1.54, 1.807) is 25.7 Å². The summed E-state index contributed by atoms with van der Waals surface area (Å²) in [4.78, 5) is 38.0. The number of rotatable bonds is 6. The Hall–Kier alpha value is -1.43. The number of imide groups is 1. The fourth-order valence-corrected chi connectivity index (χ4v) is 2.37. The van der Waals surface area contributed by atoms with E-state index in [0.29, 0.717) is 6.54 Å². The fourth-order valence-electron chi connectivity index (χ4n) is 2.37. The molecule has 0 aromatic heterocycles. The SMILES string of the molecule is CCN(CC(C)C(=O)O)C1CC(=O)N(C(C)C)C1=O. The number of hydrogen-bond acceptors (Lipinski definition) is 4. The zero-order valence-electron chi connectivity index (χ0n) is 11.9. The normalized spacial score (nSPS) is 21.6. The van der Waals surface area contributed by atoms with Gasteiger partial charge in [0.1, 0.15) is 0 Å². The summed E-state index contributed by atoms with van der Waals surface area (Å²) in [6.45, 7) is 7.90. The summed E-state index contributed by atoms with van der Waals surface area (Å²) >= 11 is 0. The number of likely N-dealkylation sites (N-methyl/N-ethyl adjacent to an activating group) is 1. The van der Waals surface area contributed by atoms with Crippen LogP contribution in [0.4, 0.5) is 0 Å². The lowest BCUT2D eigenvalue weighted by molar-refractivity contribution is -0.144. The number of carboxylic acid groups (broad SMARTS) is 1. The molecular weight excluding hydrogens is 248 g/mol. The molecule has 2 amide bonds. The molecule has 6 heteroatoms. The van der Waals surface area contributed by atoms with E-state index >= 15 is 0 Å². The van der Waals surface area contributed by atoms with Gasteiger partial charge in [0.2, 0.25) is 11.8 Å². The number of carboxylic acids is 1.